The van der Waals surface area contributed by atoms with Gasteiger partial charge in [-0.15, -0.1) is 0 Å². The van der Waals surface area contributed by atoms with Crippen LogP contribution in [-0.2, 0) is 6.54 Å². The molecule has 1 aliphatic rings. The van der Waals surface area contributed by atoms with Gasteiger partial charge in [0.2, 0.25) is 5.96 Å². The lowest BCUT2D eigenvalue weighted by atomic mass is 10.0. The summed E-state index contributed by atoms with van der Waals surface area (Å²) in [6.45, 7) is 3.42. The monoisotopic (exact) mass is 366 g/mol. The first kappa shape index (κ1) is 17.9. The lowest BCUT2D eigenvalue weighted by Gasteiger charge is -2.30. The molecule has 0 bridgehead atoms. The summed E-state index contributed by atoms with van der Waals surface area (Å²) in [5.74, 6) is 0.102. The zero-order chi connectivity index (χ0) is 18.9. The number of halogens is 3. The summed E-state index contributed by atoms with van der Waals surface area (Å²) in [6, 6.07) is 3.59. The highest BCUT2D eigenvalue weighted by molar-refractivity contribution is 5.95. The Bertz CT molecular complexity index is 852. The van der Waals surface area contributed by atoms with Crippen LogP contribution < -0.4 is 16.4 Å². The third-order valence-corrected chi connectivity index (χ3v) is 3.84. The number of hydrogen-bond donors (Lipinski definition) is 3. The maximum Gasteiger partial charge on any atom is 0.417 e. The van der Waals surface area contributed by atoms with E-state index in [1.807, 2.05) is 13.0 Å². The van der Waals surface area contributed by atoms with Gasteiger partial charge in [-0.05, 0) is 26.0 Å². The van der Waals surface area contributed by atoms with E-state index in [2.05, 4.69) is 30.9 Å². The highest BCUT2D eigenvalue weighted by Crippen LogP contribution is 2.34. The van der Waals surface area contributed by atoms with Crippen LogP contribution in [0.15, 0.2) is 41.3 Å². The molecule has 1 unspecified atom stereocenters. The van der Waals surface area contributed by atoms with E-state index in [4.69, 9.17) is 5.73 Å². The van der Waals surface area contributed by atoms with Gasteiger partial charge in [0.25, 0.3) is 0 Å². The minimum atomic E-state index is -4.57. The van der Waals surface area contributed by atoms with Gasteiger partial charge >= 0.3 is 6.18 Å². The molecule has 0 aromatic carbocycles. The molecule has 0 saturated carbocycles. The Labute approximate surface area is 147 Å². The van der Waals surface area contributed by atoms with Crippen molar-refractivity contribution in [2.24, 2.45) is 10.7 Å². The molecule has 0 amide bonds. The fourth-order valence-electron chi connectivity index (χ4n) is 2.47. The molecule has 2 aromatic rings. The second-order valence-electron chi connectivity index (χ2n) is 5.95. The average Bonchev–Trinajstić information content (AvgIpc) is 2.87. The molecule has 138 valence electrons. The summed E-state index contributed by atoms with van der Waals surface area (Å²) in [5, 5.41) is 17.4. The number of hydrogen-bond acceptors (Lipinski definition) is 7. The zero-order valence-corrected chi connectivity index (χ0v) is 14.0. The van der Waals surface area contributed by atoms with Crippen LogP contribution in [0.4, 0.5) is 18.9 Å². The van der Waals surface area contributed by atoms with Crippen LogP contribution in [0.1, 0.15) is 18.3 Å². The molecule has 0 radical (unpaired) electrons. The van der Waals surface area contributed by atoms with E-state index >= 15 is 0 Å². The standard InChI is InChI=1S/C15H17F3N8/c1-9-11(6-22-26(9)8-10-4-3-5-21-25-10)23-13-20-7-12(15(16,17)18)14(2,19)24-13/h3-7H,8,19H2,1-2H3,(H2,20,23,24). The fraction of sp³-hybridized carbons (Fsp3) is 0.333. The van der Waals surface area contributed by atoms with Gasteiger partial charge < -0.3 is 16.4 Å². The fourth-order valence-corrected chi connectivity index (χ4v) is 2.47. The van der Waals surface area contributed by atoms with Crippen LogP contribution in [0.2, 0.25) is 0 Å². The molecule has 1 atom stereocenters. The number of guanidine groups is 1. The predicted octanol–water partition coefficient (Wildman–Crippen LogP) is 1.52. The van der Waals surface area contributed by atoms with E-state index in [1.54, 1.807) is 23.1 Å². The lowest BCUT2D eigenvalue weighted by Crippen LogP contribution is -2.49. The zero-order valence-electron chi connectivity index (χ0n) is 14.0. The average molecular weight is 366 g/mol. The molecule has 4 N–H and O–H groups in total. The van der Waals surface area contributed by atoms with Crippen molar-refractivity contribution in [3.8, 4) is 0 Å². The molecular formula is C15H17F3N8. The van der Waals surface area contributed by atoms with Crippen molar-refractivity contribution in [1.29, 1.82) is 0 Å². The van der Waals surface area contributed by atoms with Crippen molar-refractivity contribution in [3.63, 3.8) is 0 Å². The molecule has 2 aromatic heterocycles. The molecule has 0 saturated heterocycles. The highest BCUT2D eigenvalue weighted by atomic mass is 19.4. The number of nitrogens with two attached hydrogens (primary N) is 1. The number of aromatic nitrogens is 4. The maximum atomic E-state index is 13.0. The smallest absolute Gasteiger partial charge is 0.332 e. The number of rotatable bonds is 3. The first-order valence-corrected chi connectivity index (χ1v) is 7.66. The minimum Gasteiger partial charge on any atom is -0.332 e. The predicted molar refractivity (Wildman–Crippen MR) is 89.0 cm³/mol. The first-order chi connectivity index (χ1) is 12.2. The third kappa shape index (κ3) is 3.67. The summed E-state index contributed by atoms with van der Waals surface area (Å²) in [6.07, 6.45) is -0.629. The van der Waals surface area contributed by atoms with E-state index in [-0.39, 0.29) is 5.96 Å². The van der Waals surface area contributed by atoms with Gasteiger partial charge in [-0.2, -0.15) is 28.5 Å². The summed E-state index contributed by atoms with van der Waals surface area (Å²) in [4.78, 5) is 3.92. The first-order valence-electron chi connectivity index (χ1n) is 7.66. The van der Waals surface area contributed by atoms with Gasteiger partial charge in [0.05, 0.1) is 35.4 Å². The molecule has 11 heteroatoms. The van der Waals surface area contributed by atoms with Crippen LogP contribution in [0.3, 0.4) is 0 Å². The van der Waals surface area contributed by atoms with Crippen LogP contribution in [-0.4, -0.2) is 37.8 Å². The second-order valence-corrected chi connectivity index (χ2v) is 5.95. The van der Waals surface area contributed by atoms with E-state index < -0.39 is 17.4 Å². The molecule has 26 heavy (non-hydrogen) atoms. The second kappa shape index (κ2) is 6.41. The SMILES string of the molecule is Cc1c(NC2=NC(C)(N)C(C(F)(F)F)=CN2)cnn1Cc1cccnn1. The number of nitrogens with zero attached hydrogens (tertiary/aromatic N) is 5. The summed E-state index contributed by atoms with van der Waals surface area (Å²) < 4.78 is 40.6. The van der Waals surface area contributed by atoms with Crippen molar-refractivity contribution in [2.45, 2.75) is 32.2 Å². The molecule has 3 heterocycles. The quantitative estimate of drug-likeness (QED) is 0.761. The van der Waals surface area contributed by atoms with E-state index in [9.17, 15) is 13.2 Å². The third-order valence-electron chi connectivity index (χ3n) is 3.84. The van der Waals surface area contributed by atoms with Crippen molar-refractivity contribution in [2.75, 3.05) is 5.32 Å². The van der Waals surface area contributed by atoms with E-state index in [0.29, 0.717) is 12.2 Å². The Morgan fingerprint density at radius 1 is 1.38 bits per heavy atom. The Balaban J connectivity index is 1.76. The minimum absolute atomic E-state index is 0.102. The van der Waals surface area contributed by atoms with Gasteiger partial charge in [-0.1, -0.05) is 0 Å². The number of anilines is 1. The topological polar surface area (TPSA) is 106 Å². The van der Waals surface area contributed by atoms with E-state index in [1.165, 1.54) is 6.92 Å². The Hall–Kier alpha value is -2.95. The van der Waals surface area contributed by atoms with Crippen molar-refractivity contribution < 1.29 is 13.2 Å². The molecule has 3 rings (SSSR count). The lowest BCUT2D eigenvalue weighted by molar-refractivity contribution is -0.100. The molecular weight excluding hydrogens is 349 g/mol. The molecule has 0 fully saturated rings. The molecule has 8 nitrogen and oxygen atoms in total. The summed E-state index contributed by atoms with van der Waals surface area (Å²) in [5.41, 5.74) is 4.92. The normalized spacial score (nSPS) is 20.2. The molecule has 0 aliphatic carbocycles. The summed E-state index contributed by atoms with van der Waals surface area (Å²) in [7, 11) is 0. The Morgan fingerprint density at radius 2 is 2.15 bits per heavy atom. The number of nitrogens with one attached hydrogen (secondary N) is 2. The van der Waals surface area contributed by atoms with Crippen molar-refractivity contribution in [3.05, 3.63) is 47.7 Å². The summed E-state index contributed by atoms with van der Waals surface area (Å²) >= 11 is 0. The van der Waals surface area contributed by atoms with E-state index in [0.717, 1.165) is 17.6 Å². The molecule has 1 aliphatic heterocycles. The van der Waals surface area contributed by atoms with Crippen LogP contribution in [0, 0.1) is 6.92 Å². The Kier molecular flexibility index (Phi) is 4.40. The van der Waals surface area contributed by atoms with Gasteiger partial charge in [0.1, 0.15) is 5.66 Å². The van der Waals surface area contributed by atoms with Gasteiger partial charge in [0.15, 0.2) is 0 Å². The molecule has 0 spiro atoms. The maximum absolute atomic E-state index is 13.0. The van der Waals surface area contributed by atoms with Gasteiger partial charge in [-0.25, -0.2) is 4.99 Å². The van der Waals surface area contributed by atoms with Crippen molar-refractivity contribution >= 4 is 11.6 Å². The number of alkyl halides is 3. The largest absolute Gasteiger partial charge is 0.417 e. The van der Waals surface area contributed by atoms with Crippen LogP contribution in [0.5, 0.6) is 0 Å². The number of aliphatic imine (C=N–C) groups is 1. The Morgan fingerprint density at radius 3 is 2.77 bits per heavy atom. The van der Waals surface area contributed by atoms with Gasteiger partial charge in [0, 0.05) is 12.4 Å². The van der Waals surface area contributed by atoms with Crippen LogP contribution in [0.25, 0.3) is 0 Å². The van der Waals surface area contributed by atoms with Crippen LogP contribution >= 0.6 is 0 Å². The van der Waals surface area contributed by atoms with Gasteiger partial charge in [-0.3, -0.25) is 4.68 Å². The highest BCUT2D eigenvalue weighted by Gasteiger charge is 2.45. The van der Waals surface area contributed by atoms with Crippen molar-refractivity contribution in [1.82, 2.24) is 25.3 Å².